The monoisotopic (exact) mass is 458 g/mol. The molecule has 6 nitrogen and oxygen atoms in total. The van der Waals surface area contributed by atoms with Crippen molar-refractivity contribution in [1.82, 2.24) is 0 Å². The fraction of sp³-hybridized carbons (Fsp3) is 0.174. The van der Waals surface area contributed by atoms with Crippen LogP contribution in [0, 0.1) is 20.8 Å². The second-order valence-electron chi connectivity index (χ2n) is 7.15. The van der Waals surface area contributed by atoms with E-state index in [2.05, 4.69) is 10.0 Å². The third kappa shape index (κ3) is 5.77. The number of benzene rings is 3. The van der Waals surface area contributed by atoms with Gasteiger partial charge in [-0.2, -0.15) is 0 Å². The summed E-state index contributed by atoms with van der Waals surface area (Å²) >= 11 is 6.20. The smallest absolute Gasteiger partial charge is 0.262 e. The lowest BCUT2D eigenvalue weighted by molar-refractivity contribution is -0.118. The van der Waals surface area contributed by atoms with Gasteiger partial charge in [0.25, 0.3) is 15.9 Å². The first-order valence-corrected chi connectivity index (χ1v) is 11.4. The van der Waals surface area contributed by atoms with Gasteiger partial charge in [-0.25, -0.2) is 8.42 Å². The van der Waals surface area contributed by atoms with Crippen molar-refractivity contribution in [1.29, 1.82) is 0 Å². The molecule has 0 fully saturated rings. The van der Waals surface area contributed by atoms with Gasteiger partial charge in [-0.05, 0) is 68.3 Å². The van der Waals surface area contributed by atoms with Gasteiger partial charge < -0.3 is 10.1 Å². The van der Waals surface area contributed by atoms with Crippen LogP contribution in [0.5, 0.6) is 5.75 Å². The van der Waals surface area contributed by atoms with Crippen molar-refractivity contribution in [2.45, 2.75) is 25.7 Å². The van der Waals surface area contributed by atoms with Crippen LogP contribution in [0.1, 0.15) is 16.7 Å². The van der Waals surface area contributed by atoms with Crippen LogP contribution in [0.4, 0.5) is 11.4 Å². The van der Waals surface area contributed by atoms with E-state index < -0.39 is 10.0 Å². The number of carbonyl (C=O) groups is 1. The van der Waals surface area contributed by atoms with Crippen molar-refractivity contribution in [3.05, 3.63) is 82.4 Å². The highest BCUT2D eigenvalue weighted by molar-refractivity contribution is 7.92. The molecule has 0 unspecified atom stereocenters. The highest BCUT2D eigenvalue weighted by Crippen LogP contribution is 2.28. The predicted octanol–water partition coefficient (Wildman–Crippen LogP) is 5.08. The minimum absolute atomic E-state index is 0.00902. The first-order chi connectivity index (χ1) is 14.7. The molecule has 0 aromatic heterocycles. The average molecular weight is 459 g/mol. The number of hydrogen-bond donors (Lipinski definition) is 2. The molecule has 8 heteroatoms. The van der Waals surface area contributed by atoms with Crippen LogP contribution in [0.25, 0.3) is 0 Å². The lowest BCUT2D eigenvalue weighted by atomic mass is 10.1. The van der Waals surface area contributed by atoms with Gasteiger partial charge in [-0.15, -0.1) is 0 Å². The number of rotatable bonds is 7. The van der Waals surface area contributed by atoms with E-state index in [0.29, 0.717) is 11.4 Å². The summed E-state index contributed by atoms with van der Waals surface area (Å²) in [5.74, 6) is -0.130. The molecule has 0 atom stereocenters. The van der Waals surface area contributed by atoms with Crippen LogP contribution in [0.2, 0.25) is 5.02 Å². The van der Waals surface area contributed by atoms with Crippen LogP contribution in [-0.2, 0) is 14.8 Å². The molecule has 0 saturated heterocycles. The second kappa shape index (κ2) is 9.41. The number of sulfonamides is 1. The Kier molecular flexibility index (Phi) is 6.87. The standard InChI is InChI=1S/C23H23ClN2O4S/c1-15-7-9-18(10-8-15)26-31(28,29)19-11-12-22(20(24)13-19)30-14-23(27)25-21-6-4-5-16(2)17(21)3/h4-13,26H,14H2,1-3H3,(H,25,27). The van der Waals surface area contributed by atoms with E-state index in [1.807, 2.05) is 51.1 Å². The van der Waals surface area contributed by atoms with Gasteiger partial charge in [-0.3, -0.25) is 9.52 Å². The Hall–Kier alpha value is -3.03. The minimum atomic E-state index is -3.82. The summed E-state index contributed by atoms with van der Waals surface area (Å²) in [4.78, 5) is 12.2. The molecule has 0 bridgehead atoms. The number of halogens is 1. The molecular formula is C23H23ClN2O4S. The van der Waals surface area contributed by atoms with Gasteiger partial charge >= 0.3 is 0 Å². The molecule has 0 aliphatic carbocycles. The lowest BCUT2D eigenvalue weighted by Crippen LogP contribution is -2.21. The van der Waals surface area contributed by atoms with E-state index in [4.69, 9.17) is 16.3 Å². The van der Waals surface area contributed by atoms with E-state index in [0.717, 1.165) is 16.7 Å². The summed E-state index contributed by atoms with van der Waals surface area (Å²) in [6, 6.07) is 16.7. The Bertz CT molecular complexity index is 1210. The largest absolute Gasteiger partial charge is 0.482 e. The number of ether oxygens (including phenoxy) is 1. The summed E-state index contributed by atoms with van der Waals surface area (Å²) in [5.41, 5.74) is 4.23. The molecular weight excluding hydrogens is 436 g/mol. The Morgan fingerprint density at radius 1 is 1.00 bits per heavy atom. The van der Waals surface area contributed by atoms with Gasteiger partial charge in [0.2, 0.25) is 0 Å². The molecule has 0 spiro atoms. The third-order valence-corrected chi connectivity index (χ3v) is 6.43. The van der Waals surface area contributed by atoms with E-state index in [9.17, 15) is 13.2 Å². The molecule has 0 radical (unpaired) electrons. The molecule has 0 aliphatic rings. The number of nitrogens with one attached hydrogen (secondary N) is 2. The topological polar surface area (TPSA) is 84.5 Å². The van der Waals surface area contributed by atoms with Crippen molar-refractivity contribution in [2.75, 3.05) is 16.6 Å². The number of amides is 1. The molecule has 2 N–H and O–H groups in total. The number of carbonyl (C=O) groups excluding carboxylic acids is 1. The second-order valence-corrected chi connectivity index (χ2v) is 9.24. The van der Waals surface area contributed by atoms with E-state index >= 15 is 0 Å². The van der Waals surface area contributed by atoms with Gasteiger partial charge in [0.05, 0.1) is 9.92 Å². The van der Waals surface area contributed by atoms with Crippen LogP contribution < -0.4 is 14.8 Å². The first-order valence-electron chi connectivity index (χ1n) is 9.53. The van der Waals surface area contributed by atoms with Crippen molar-refractivity contribution in [2.24, 2.45) is 0 Å². The molecule has 0 aliphatic heterocycles. The maximum atomic E-state index is 12.6. The lowest BCUT2D eigenvalue weighted by Gasteiger charge is -2.13. The Morgan fingerprint density at radius 2 is 1.71 bits per heavy atom. The van der Waals surface area contributed by atoms with Gasteiger partial charge in [0.1, 0.15) is 5.75 Å². The summed E-state index contributed by atoms with van der Waals surface area (Å²) in [5, 5.41) is 2.88. The maximum absolute atomic E-state index is 12.6. The molecule has 162 valence electrons. The molecule has 3 rings (SSSR count). The number of anilines is 2. The summed E-state index contributed by atoms with van der Waals surface area (Å²) in [6.07, 6.45) is 0. The van der Waals surface area contributed by atoms with Crippen molar-refractivity contribution in [3.8, 4) is 5.75 Å². The molecule has 1 amide bonds. The molecule has 0 heterocycles. The van der Waals surface area contributed by atoms with Gasteiger partial charge in [0.15, 0.2) is 6.61 Å². The molecule has 3 aromatic carbocycles. The number of aryl methyl sites for hydroxylation is 2. The van der Waals surface area contributed by atoms with Crippen LogP contribution >= 0.6 is 11.6 Å². The fourth-order valence-corrected chi connectivity index (χ4v) is 4.20. The number of hydrogen-bond acceptors (Lipinski definition) is 4. The maximum Gasteiger partial charge on any atom is 0.262 e. The first kappa shape index (κ1) is 22.7. The third-order valence-electron chi connectivity index (χ3n) is 4.75. The van der Waals surface area contributed by atoms with E-state index in [-0.39, 0.29) is 28.2 Å². The van der Waals surface area contributed by atoms with Crippen molar-refractivity contribution in [3.63, 3.8) is 0 Å². The quantitative estimate of drug-likeness (QED) is 0.516. The minimum Gasteiger partial charge on any atom is -0.482 e. The van der Waals surface area contributed by atoms with E-state index in [1.54, 1.807) is 12.1 Å². The normalized spacial score (nSPS) is 11.1. The molecule has 0 saturated carbocycles. The summed E-state index contributed by atoms with van der Waals surface area (Å²) in [7, 11) is -3.82. The zero-order valence-electron chi connectivity index (χ0n) is 17.4. The van der Waals surface area contributed by atoms with Crippen LogP contribution in [-0.4, -0.2) is 20.9 Å². The highest BCUT2D eigenvalue weighted by atomic mass is 35.5. The van der Waals surface area contributed by atoms with Crippen molar-refractivity contribution >= 4 is 38.9 Å². The summed E-state index contributed by atoms with van der Waals surface area (Å²) < 4.78 is 33.2. The highest BCUT2D eigenvalue weighted by Gasteiger charge is 2.17. The van der Waals surface area contributed by atoms with Crippen LogP contribution in [0.15, 0.2) is 65.6 Å². The average Bonchev–Trinajstić information content (AvgIpc) is 2.72. The van der Waals surface area contributed by atoms with Crippen LogP contribution in [0.3, 0.4) is 0 Å². The Labute approximate surface area is 187 Å². The molecule has 3 aromatic rings. The molecule has 31 heavy (non-hydrogen) atoms. The zero-order valence-corrected chi connectivity index (χ0v) is 19.0. The predicted molar refractivity (Wildman–Crippen MR) is 123 cm³/mol. The summed E-state index contributed by atoms with van der Waals surface area (Å²) in [6.45, 7) is 5.54. The van der Waals surface area contributed by atoms with Gasteiger partial charge in [0, 0.05) is 11.4 Å². The Balaban J connectivity index is 1.65. The fourth-order valence-electron chi connectivity index (χ4n) is 2.82. The SMILES string of the molecule is Cc1ccc(NS(=O)(=O)c2ccc(OCC(=O)Nc3cccc(C)c3C)c(Cl)c2)cc1. The van der Waals surface area contributed by atoms with Gasteiger partial charge in [-0.1, -0.05) is 41.4 Å². The Morgan fingerprint density at radius 3 is 2.39 bits per heavy atom. The van der Waals surface area contributed by atoms with Crippen molar-refractivity contribution < 1.29 is 17.9 Å². The zero-order chi connectivity index (χ0) is 22.6. The van der Waals surface area contributed by atoms with E-state index in [1.165, 1.54) is 18.2 Å².